The van der Waals surface area contributed by atoms with Crippen molar-refractivity contribution in [1.29, 1.82) is 0 Å². The lowest BCUT2D eigenvalue weighted by Gasteiger charge is -2.32. The first kappa shape index (κ1) is 45.3. The van der Waals surface area contributed by atoms with Crippen LogP contribution in [0.15, 0.2) is 107 Å². The molecule has 12 nitrogen and oxygen atoms in total. The number of benzene rings is 4. The lowest BCUT2D eigenvalue weighted by atomic mass is 10.1. The van der Waals surface area contributed by atoms with Crippen LogP contribution < -0.4 is 29.2 Å². The minimum absolute atomic E-state index is 0.0160. The monoisotopic (exact) mass is 856 g/mol. The van der Waals surface area contributed by atoms with Crippen molar-refractivity contribution in [1.82, 2.24) is 10.6 Å². The van der Waals surface area contributed by atoms with Gasteiger partial charge in [0.05, 0.1) is 14.2 Å². The largest absolute Gasteiger partial charge is 0.493 e. The maximum atomic E-state index is 15.1. The first-order valence-electron chi connectivity index (χ1n) is 17.9. The molecule has 0 spiro atoms. The van der Waals surface area contributed by atoms with E-state index in [1.54, 1.807) is 62.4 Å². The molecule has 0 aromatic heterocycles. The Morgan fingerprint density at radius 1 is 0.737 bits per heavy atom. The predicted molar refractivity (Wildman–Crippen MR) is 227 cm³/mol. The number of thioether (sulfide) groups is 3. The number of carbonyl (C=O) groups is 3. The predicted octanol–water partition coefficient (Wildman–Crippen LogP) is 9.23. The van der Waals surface area contributed by atoms with Crippen molar-refractivity contribution in [2.45, 2.75) is 54.6 Å². The smallest absolute Gasteiger partial charge is 0.453 e. The van der Waals surface area contributed by atoms with E-state index in [4.69, 9.17) is 28.0 Å². The zero-order valence-electron chi connectivity index (χ0n) is 32.9. The summed E-state index contributed by atoms with van der Waals surface area (Å²) in [6.07, 6.45) is 3.46. The third-order valence-corrected chi connectivity index (χ3v) is 12.9. The average Bonchev–Trinajstić information content (AvgIpc) is 3.22. The highest BCUT2D eigenvalue weighted by Gasteiger charge is 2.44. The van der Waals surface area contributed by atoms with Crippen LogP contribution in [0.5, 0.6) is 23.0 Å². The van der Waals surface area contributed by atoms with Crippen LogP contribution in [0.4, 0.5) is 4.79 Å². The molecule has 2 N–H and O–H groups in total. The highest BCUT2D eigenvalue weighted by atomic mass is 32.2. The molecule has 3 atom stereocenters. The summed E-state index contributed by atoms with van der Waals surface area (Å²) in [6.45, 7) is 3.51. The summed E-state index contributed by atoms with van der Waals surface area (Å²) in [7, 11) is -1.42. The lowest BCUT2D eigenvalue weighted by Crippen LogP contribution is -2.46. The lowest BCUT2D eigenvalue weighted by molar-refractivity contribution is -0.158. The number of hydrogen-bond acceptors (Lipinski definition) is 13. The average molecular weight is 857 g/mol. The molecule has 2 amide bonds. The number of hydrogen-bond donors (Lipinski definition) is 2. The Morgan fingerprint density at radius 2 is 1.32 bits per heavy atom. The quantitative estimate of drug-likeness (QED) is 0.0467. The van der Waals surface area contributed by atoms with Crippen LogP contribution in [0.3, 0.4) is 0 Å². The molecule has 4 aromatic rings. The van der Waals surface area contributed by atoms with Crippen molar-refractivity contribution in [3.63, 3.8) is 0 Å². The fourth-order valence-corrected chi connectivity index (χ4v) is 8.81. The second kappa shape index (κ2) is 22.5. The fourth-order valence-electron chi connectivity index (χ4n) is 5.41. The molecular formula is C41H49N2O10PS3. The Kier molecular flexibility index (Phi) is 17.9. The van der Waals surface area contributed by atoms with E-state index >= 15 is 4.57 Å². The second-order valence-electron chi connectivity index (χ2n) is 12.7. The highest BCUT2D eigenvalue weighted by molar-refractivity contribution is 7.99. The van der Waals surface area contributed by atoms with Crippen LogP contribution in [0.25, 0.3) is 0 Å². The number of carbonyl (C=O) groups excluding carboxylic acids is 3. The Hall–Kier alpha value is -4.43. The van der Waals surface area contributed by atoms with Gasteiger partial charge in [-0.25, -0.2) is 14.2 Å². The van der Waals surface area contributed by atoms with Gasteiger partial charge in [0.25, 0.3) is 5.91 Å². The standard InChI is InChI=1S/C41H49N2O10PS3/c1-27(2)39(54(47,52-30-14-18-32(56-6)19-15-30)53-31-16-20-33(57-7)21-17-31)43-38(44)37(29-13-22-35(48-3)36(25-29)49-4)51-40(45)34(23-24-55-5)42-41(46)50-26-28-11-9-8-10-12-28/h8-22,25,27,34,37,39H,23-24,26H2,1-7H3,(H,42,46)(H,43,44)/t34-,37-,39-/m0/s1. The SMILES string of the molecule is COc1ccc([C@H](OC(=O)[C@H](CCSC)NC(=O)OCc2ccccc2)C(=O)N[C@H](C(C)C)P(=O)(Oc2ccc(SC)cc2)Oc2ccc(SC)cc2)cc1OC. The molecular weight excluding hydrogens is 808 g/mol. The minimum atomic E-state index is -4.32. The Bertz CT molecular complexity index is 1900. The number of esters is 1. The summed E-state index contributed by atoms with van der Waals surface area (Å²) in [4.78, 5) is 43.4. The van der Waals surface area contributed by atoms with Crippen LogP contribution in [0, 0.1) is 5.92 Å². The Balaban J connectivity index is 1.69. The van der Waals surface area contributed by atoms with Crippen LogP contribution in [-0.4, -0.2) is 68.5 Å². The molecule has 0 aliphatic rings. The molecule has 0 radical (unpaired) electrons. The van der Waals surface area contributed by atoms with E-state index in [0.717, 1.165) is 15.4 Å². The second-order valence-corrected chi connectivity index (χ2v) is 17.5. The van der Waals surface area contributed by atoms with Crippen molar-refractivity contribution < 1.29 is 46.9 Å². The van der Waals surface area contributed by atoms with Gasteiger partial charge in [-0.2, -0.15) is 11.8 Å². The molecule has 4 aromatic carbocycles. The maximum absolute atomic E-state index is 15.1. The minimum Gasteiger partial charge on any atom is -0.493 e. The molecule has 0 aliphatic carbocycles. The van der Waals surface area contributed by atoms with Gasteiger partial charge >= 0.3 is 19.7 Å². The number of alkyl carbamates (subject to hydrolysis) is 1. The topological polar surface area (TPSA) is 148 Å². The van der Waals surface area contributed by atoms with Gasteiger partial charge in [-0.1, -0.05) is 50.2 Å². The summed E-state index contributed by atoms with van der Waals surface area (Å²) >= 11 is 4.54. The van der Waals surface area contributed by atoms with Crippen molar-refractivity contribution in [3.8, 4) is 23.0 Å². The van der Waals surface area contributed by atoms with Crippen LogP contribution in [-0.2, 0) is 30.2 Å². The number of ether oxygens (including phenoxy) is 4. The zero-order valence-corrected chi connectivity index (χ0v) is 36.3. The number of rotatable bonds is 21. The molecule has 0 heterocycles. The van der Waals surface area contributed by atoms with Gasteiger partial charge in [-0.3, -0.25) is 4.79 Å². The molecule has 0 bridgehead atoms. The van der Waals surface area contributed by atoms with Gasteiger partial charge < -0.3 is 38.6 Å². The first-order valence-corrected chi connectivity index (χ1v) is 23.3. The van der Waals surface area contributed by atoms with Gasteiger partial charge in [0.15, 0.2) is 17.3 Å². The summed E-state index contributed by atoms with van der Waals surface area (Å²) in [5.41, 5.74) is 0.980. The van der Waals surface area contributed by atoms with Gasteiger partial charge in [-0.05, 0) is 103 Å². The molecule has 0 unspecified atom stereocenters. The van der Waals surface area contributed by atoms with E-state index in [0.29, 0.717) is 11.5 Å². The molecule has 57 heavy (non-hydrogen) atoms. The first-order chi connectivity index (χ1) is 27.4. The van der Waals surface area contributed by atoms with Gasteiger partial charge in [0.1, 0.15) is 24.1 Å². The summed E-state index contributed by atoms with van der Waals surface area (Å²) in [5, 5.41) is 5.45. The molecule has 4 rings (SSSR count). The summed E-state index contributed by atoms with van der Waals surface area (Å²) in [6, 6.07) is 26.6. The van der Waals surface area contributed by atoms with E-state index in [-0.39, 0.29) is 35.8 Å². The van der Waals surface area contributed by atoms with Crippen molar-refractivity contribution in [2.24, 2.45) is 5.92 Å². The number of methoxy groups -OCH3 is 2. The van der Waals surface area contributed by atoms with Gasteiger partial charge in [-0.15, -0.1) is 23.5 Å². The van der Waals surface area contributed by atoms with Crippen molar-refractivity contribution >= 4 is 60.9 Å². The fraction of sp³-hybridized carbons (Fsp3) is 0.341. The van der Waals surface area contributed by atoms with Gasteiger partial charge in [0, 0.05) is 15.4 Å². The third kappa shape index (κ3) is 13.3. The van der Waals surface area contributed by atoms with Crippen LogP contribution >= 0.6 is 42.9 Å². The number of nitrogens with one attached hydrogen (secondary N) is 2. The number of amides is 2. The Morgan fingerprint density at radius 3 is 1.82 bits per heavy atom. The van der Waals surface area contributed by atoms with Crippen LogP contribution in [0.1, 0.15) is 37.5 Å². The normalized spacial score (nSPS) is 12.8. The van der Waals surface area contributed by atoms with Gasteiger partial charge in [0.2, 0.25) is 6.10 Å². The van der Waals surface area contributed by atoms with E-state index in [1.165, 1.54) is 55.6 Å². The molecule has 0 saturated heterocycles. The third-order valence-electron chi connectivity index (χ3n) is 8.43. The van der Waals surface area contributed by atoms with Crippen LogP contribution in [0.2, 0.25) is 0 Å². The maximum Gasteiger partial charge on any atom is 0.453 e. The van der Waals surface area contributed by atoms with E-state index in [2.05, 4.69) is 10.6 Å². The van der Waals surface area contributed by atoms with E-state index in [1.807, 2.05) is 61.2 Å². The highest BCUT2D eigenvalue weighted by Crippen LogP contribution is 2.54. The Labute approximate surface area is 347 Å². The molecule has 0 aliphatic heterocycles. The van der Waals surface area contributed by atoms with E-state index in [9.17, 15) is 14.4 Å². The van der Waals surface area contributed by atoms with Crippen molar-refractivity contribution in [2.75, 3.05) is 38.7 Å². The molecule has 306 valence electrons. The zero-order chi connectivity index (χ0) is 41.4. The summed E-state index contributed by atoms with van der Waals surface area (Å²) < 4.78 is 49.8. The van der Waals surface area contributed by atoms with Crippen molar-refractivity contribution in [3.05, 3.63) is 108 Å². The van der Waals surface area contributed by atoms with E-state index < -0.39 is 49.4 Å². The molecule has 16 heteroatoms. The molecule has 0 fully saturated rings. The molecule has 0 saturated carbocycles. The summed E-state index contributed by atoms with van der Waals surface area (Å²) in [5.74, 6) is -1.83.